The number of thiazole rings is 1. The maximum atomic E-state index is 13.0. The lowest BCUT2D eigenvalue weighted by Gasteiger charge is -2.33. The first-order valence-electron chi connectivity index (χ1n) is 11.6. The van der Waals surface area contributed by atoms with E-state index in [0.29, 0.717) is 11.5 Å². The van der Waals surface area contributed by atoms with Crippen LogP contribution in [0.5, 0.6) is 17.2 Å². The molecule has 2 aliphatic rings. The number of carbonyl (C=O) groups excluding carboxylic acids is 1. The summed E-state index contributed by atoms with van der Waals surface area (Å²) in [7, 11) is 4.95. The van der Waals surface area contributed by atoms with Gasteiger partial charge in [-0.2, -0.15) is 0 Å². The molecule has 0 bridgehead atoms. The van der Waals surface area contributed by atoms with Gasteiger partial charge < -0.3 is 19.5 Å². The zero-order valence-corrected chi connectivity index (χ0v) is 21.0. The Labute approximate surface area is 204 Å². The lowest BCUT2D eigenvalue weighted by molar-refractivity contribution is -0.118. The highest BCUT2D eigenvalue weighted by Crippen LogP contribution is 2.59. The number of hydrogen-bond acceptors (Lipinski definition) is 7. The molecule has 5 rings (SSSR count). The standard InChI is InChI=1S/C26H31N3O4S/c1-16-27-20-12-18(5-6-24(20)34-16)28-25(30)19-14-26(19)7-9-29(10-8-26)15-17-11-22(32-3)23(33-4)13-21(17)31-2/h5-6,11-13,19H,7-10,14-15H2,1-4H3,(H,28,30). The van der Waals surface area contributed by atoms with Crippen LogP contribution < -0.4 is 19.5 Å². The second-order valence-electron chi connectivity index (χ2n) is 9.32. The molecule has 2 aromatic carbocycles. The van der Waals surface area contributed by atoms with E-state index < -0.39 is 0 Å². The molecule has 34 heavy (non-hydrogen) atoms. The van der Waals surface area contributed by atoms with Gasteiger partial charge in [-0.25, -0.2) is 4.98 Å². The topological polar surface area (TPSA) is 72.9 Å². The molecule has 1 saturated carbocycles. The Morgan fingerprint density at radius 1 is 1.09 bits per heavy atom. The fraction of sp³-hybridized carbons (Fsp3) is 0.462. The SMILES string of the molecule is COc1cc(OC)c(OC)cc1CN1CCC2(CC1)CC2C(=O)Nc1ccc2sc(C)nc2c1. The number of aromatic nitrogens is 1. The minimum atomic E-state index is 0.0955. The second-order valence-corrected chi connectivity index (χ2v) is 10.6. The van der Waals surface area contributed by atoms with Gasteiger partial charge in [0.2, 0.25) is 5.91 Å². The third-order valence-corrected chi connectivity index (χ3v) is 8.25. The zero-order chi connectivity index (χ0) is 23.9. The predicted octanol–water partition coefficient (Wildman–Crippen LogP) is 4.87. The van der Waals surface area contributed by atoms with Crippen LogP contribution in [0, 0.1) is 18.3 Å². The summed E-state index contributed by atoms with van der Waals surface area (Å²) in [6.07, 6.45) is 3.04. The molecule has 1 aliphatic carbocycles. The molecular formula is C26H31N3O4S. The Balaban J connectivity index is 1.19. The van der Waals surface area contributed by atoms with E-state index in [-0.39, 0.29) is 17.2 Å². The highest BCUT2D eigenvalue weighted by molar-refractivity contribution is 7.18. The van der Waals surface area contributed by atoms with Crippen LogP contribution in [0.15, 0.2) is 30.3 Å². The number of methoxy groups -OCH3 is 3. The molecule has 8 heteroatoms. The van der Waals surface area contributed by atoms with Crippen molar-refractivity contribution in [3.05, 3.63) is 40.9 Å². The summed E-state index contributed by atoms with van der Waals surface area (Å²) in [6.45, 7) is 4.71. The maximum absolute atomic E-state index is 13.0. The average molecular weight is 482 g/mol. The first-order valence-corrected chi connectivity index (χ1v) is 12.5. The van der Waals surface area contributed by atoms with Crippen molar-refractivity contribution in [1.82, 2.24) is 9.88 Å². The van der Waals surface area contributed by atoms with Crippen LogP contribution in [-0.2, 0) is 11.3 Å². The van der Waals surface area contributed by atoms with Crippen molar-refractivity contribution in [2.24, 2.45) is 11.3 Å². The molecule has 1 saturated heterocycles. The van der Waals surface area contributed by atoms with Gasteiger partial charge in [-0.15, -0.1) is 11.3 Å². The lowest BCUT2D eigenvalue weighted by Crippen LogP contribution is -2.36. The third kappa shape index (κ3) is 4.32. The van der Waals surface area contributed by atoms with Gasteiger partial charge >= 0.3 is 0 Å². The van der Waals surface area contributed by atoms with Gasteiger partial charge in [0.25, 0.3) is 0 Å². The molecule has 3 aromatic rings. The van der Waals surface area contributed by atoms with Gasteiger partial charge in [0, 0.05) is 29.8 Å². The summed E-state index contributed by atoms with van der Waals surface area (Å²) >= 11 is 1.67. The normalized spacial score (nSPS) is 19.2. The van der Waals surface area contributed by atoms with E-state index in [1.54, 1.807) is 32.7 Å². The van der Waals surface area contributed by atoms with E-state index >= 15 is 0 Å². The summed E-state index contributed by atoms with van der Waals surface area (Å²) < 4.78 is 17.6. The van der Waals surface area contributed by atoms with Crippen molar-refractivity contribution in [3.8, 4) is 17.2 Å². The largest absolute Gasteiger partial charge is 0.496 e. The molecule has 1 aliphatic heterocycles. The van der Waals surface area contributed by atoms with E-state index in [9.17, 15) is 4.79 Å². The minimum Gasteiger partial charge on any atom is -0.496 e. The molecule has 1 unspecified atom stereocenters. The number of hydrogen-bond donors (Lipinski definition) is 1. The monoisotopic (exact) mass is 481 g/mol. The molecule has 1 aromatic heterocycles. The molecule has 180 valence electrons. The number of likely N-dealkylation sites (tertiary alicyclic amines) is 1. The number of nitrogens with one attached hydrogen (secondary N) is 1. The summed E-state index contributed by atoms with van der Waals surface area (Å²) in [4.78, 5) is 20.0. The first kappa shape index (κ1) is 22.9. The van der Waals surface area contributed by atoms with Crippen LogP contribution in [-0.4, -0.2) is 50.2 Å². The van der Waals surface area contributed by atoms with Crippen LogP contribution in [0.4, 0.5) is 5.69 Å². The Hall–Kier alpha value is -2.84. The lowest BCUT2D eigenvalue weighted by atomic mass is 9.90. The van der Waals surface area contributed by atoms with Crippen LogP contribution in [0.25, 0.3) is 10.2 Å². The number of piperidine rings is 1. The fourth-order valence-electron chi connectivity index (χ4n) is 5.23. The van der Waals surface area contributed by atoms with Crippen molar-refractivity contribution < 1.29 is 19.0 Å². The van der Waals surface area contributed by atoms with Crippen molar-refractivity contribution >= 4 is 33.1 Å². The van der Waals surface area contributed by atoms with E-state index in [1.165, 1.54) is 0 Å². The molecule has 1 atom stereocenters. The van der Waals surface area contributed by atoms with Gasteiger partial charge in [-0.3, -0.25) is 9.69 Å². The van der Waals surface area contributed by atoms with Gasteiger partial charge in [-0.05, 0) is 69.0 Å². The molecule has 0 radical (unpaired) electrons. The number of amides is 1. The van der Waals surface area contributed by atoms with Crippen molar-refractivity contribution in [1.29, 1.82) is 0 Å². The molecule has 7 nitrogen and oxygen atoms in total. The number of aryl methyl sites for hydroxylation is 1. The third-order valence-electron chi connectivity index (χ3n) is 7.30. The number of rotatable bonds is 7. The first-order chi connectivity index (χ1) is 16.4. The fourth-order valence-corrected chi connectivity index (χ4v) is 6.04. The molecule has 1 amide bonds. The molecular weight excluding hydrogens is 450 g/mol. The average Bonchev–Trinajstić information content (AvgIpc) is 3.42. The van der Waals surface area contributed by atoms with E-state index in [1.807, 2.05) is 37.3 Å². The molecule has 1 spiro atoms. The Kier molecular flexibility index (Phi) is 6.12. The van der Waals surface area contributed by atoms with Crippen molar-refractivity contribution in [2.45, 2.75) is 32.7 Å². The Morgan fingerprint density at radius 3 is 2.50 bits per heavy atom. The summed E-state index contributed by atoms with van der Waals surface area (Å²) in [5, 5.41) is 4.18. The summed E-state index contributed by atoms with van der Waals surface area (Å²) in [5.41, 5.74) is 3.00. The number of ether oxygens (including phenoxy) is 3. The van der Waals surface area contributed by atoms with E-state index in [0.717, 1.165) is 71.1 Å². The Bertz CT molecular complexity index is 1220. The molecule has 2 fully saturated rings. The number of benzene rings is 2. The smallest absolute Gasteiger partial charge is 0.228 e. The number of fused-ring (bicyclic) bond motifs is 1. The number of nitrogens with zero attached hydrogens (tertiary/aromatic N) is 2. The van der Waals surface area contributed by atoms with Crippen molar-refractivity contribution in [2.75, 3.05) is 39.7 Å². The second kappa shape index (κ2) is 9.07. The van der Waals surface area contributed by atoms with Crippen LogP contribution in [0.1, 0.15) is 29.8 Å². The van der Waals surface area contributed by atoms with Crippen molar-refractivity contribution in [3.63, 3.8) is 0 Å². The minimum absolute atomic E-state index is 0.0955. The van der Waals surface area contributed by atoms with Gasteiger partial charge in [0.1, 0.15) is 5.75 Å². The van der Waals surface area contributed by atoms with Crippen LogP contribution >= 0.6 is 11.3 Å². The predicted molar refractivity (Wildman–Crippen MR) is 134 cm³/mol. The summed E-state index contributed by atoms with van der Waals surface area (Å²) in [5.74, 6) is 2.40. The van der Waals surface area contributed by atoms with Gasteiger partial charge in [0.05, 0.1) is 36.6 Å². The number of carbonyl (C=O) groups is 1. The highest BCUT2D eigenvalue weighted by atomic mass is 32.1. The zero-order valence-electron chi connectivity index (χ0n) is 20.1. The van der Waals surface area contributed by atoms with Gasteiger partial charge in [0.15, 0.2) is 11.5 Å². The maximum Gasteiger partial charge on any atom is 0.228 e. The molecule has 1 N–H and O–H groups in total. The quantitative estimate of drug-likeness (QED) is 0.519. The Morgan fingerprint density at radius 2 is 1.79 bits per heavy atom. The highest BCUT2D eigenvalue weighted by Gasteiger charge is 2.58. The van der Waals surface area contributed by atoms with Crippen LogP contribution in [0.3, 0.4) is 0 Å². The van der Waals surface area contributed by atoms with Gasteiger partial charge in [-0.1, -0.05) is 0 Å². The van der Waals surface area contributed by atoms with E-state index in [2.05, 4.69) is 15.2 Å². The molecule has 2 heterocycles. The summed E-state index contributed by atoms with van der Waals surface area (Å²) in [6, 6.07) is 9.87. The number of anilines is 1. The van der Waals surface area contributed by atoms with E-state index in [4.69, 9.17) is 14.2 Å². The van der Waals surface area contributed by atoms with Crippen LogP contribution in [0.2, 0.25) is 0 Å².